The number of carbonyl (C=O) groups is 1. The number of benzene rings is 3. The zero-order chi connectivity index (χ0) is 18.9. The van der Waals surface area contributed by atoms with E-state index in [2.05, 4.69) is 0 Å². The summed E-state index contributed by atoms with van der Waals surface area (Å²) < 4.78 is 21.5. The first-order valence-electron chi connectivity index (χ1n) is 8.54. The van der Waals surface area contributed by atoms with E-state index >= 15 is 0 Å². The second-order valence-electron chi connectivity index (χ2n) is 6.17. The van der Waals surface area contributed by atoms with E-state index in [-0.39, 0.29) is 11.8 Å². The highest BCUT2D eigenvalue weighted by molar-refractivity contribution is 7.65. The molecule has 4 nitrogen and oxygen atoms in total. The molecule has 0 saturated heterocycles. The monoisotopic (exact) mass is 397 g/mol. The van der Waals surface area contributed by atoms with Gasteiger partial charge in [-0.05, 0) is 29.8 Å². The normalized spacial score (nSPS) is 19.9. The molecule has 1 amide bonds. The van der Waals surface area contributed by atoms with Gasteiger partial charge in [-0.1, -0.05) is 60.7 Å². The Kier molecular flexibility index (Phi) is 4.77. The summed E-state index contributed by atoms with van der Waals surface area (Å²) >= 11 is 6.27. The maximum absolute atomic E-state index is 14.1. The van der Waals surface area contributed by atoms with E-state index in [0.717, 1.165) is 5.56 Å². The number of hydrogen-bond donors (Lipinski definition) is 0. The van der Waals surface area contributed by atoms with E-state index in [4.69, 9.17) is 16.1 Å². The van der Waals surface area contributed by atoms with E-state index in [1.807, 2.05) is 36.4 Å². The third kappa shape index (κ3) is 3.05. The van der Waals surface area contributed by atoms with Crippen molar-refractivity contribution in [1.82, 2.24) is 4.67 Å². The van der Waals surface area contributed by atoms with Crippen molar-refractivity contribution >= 4 is 30.3 Å². The van der Waals surface area contributed by atoms with Crippen molar-refractivity contribution in [2.45, 2.75) is 6.04 Å². The fourth-order valence-electron chi connectivity index (χ4n) is 3.23. The molecule has 0 radical (unpaired) electrons. The molecule has 3 aromatic rings. The van der Waals surface area contributed by atoms with Gasteiger partial charge in [0.2, 0.25) is 0 Å². The molecule has 0 spiro atoms. The highest BCUT2D eigenvalue weighted by Gasteiger charge is 2.48. The smallest absolute Gasteiger partial charge is 0.377 e. The largest absolute Gasteiger partial charge is 0.425 e. The van der Waals surface area contributed by atoms with Crippen LogP contribution >= 0.6 is 19.1 Å². The summed E-state index contributed by atoms with van der Waals surface area (Å²) in [7, 11) is -3.70. The minimum Gasteiger partial charge on any atom is -0.425 e. The Morgan fingerprint density at radius 1 is 0.889 bits per heavy atom. The quantitative estimate of drug-likeness (QED) is 0.458. The Hall–Kier alpha value is -2.55. The van der Waals surface area contributed by atoms with Gasteiger partial charge in [0, 0.05) is 5.88 Å². The van der Waals surface area contributed by atoms with Crippen LogP contribution in [0, 0.1) is 0 Å². The Bertz CT molecular complexity index is 1010. The van der Waals surface area contributed by atoms with Crippen LogP contribution in [0.2, 0.25) is 0 Å². The van der Waals surface area contributed by atoms with Crippen LogP contribution in [0.4, 0.5) is 0 Å². The van der Waals surface area contributed by atoms with Gasteiger partial charge in [0.1, 0.15) is 5.75 Å². The fraction of sp³-hybridized carbons (Fsp3) is 0.0952. The number of para-hydroxylation sites is 1. The molecule has 0 N–H and O–H groups in total. The van der Waals surface area contributed by atoms with Crippen molar-refractivity contribution in [2.24, 2.45) is 0 Å². The first kappa shape index (κ1) is 17.8. The lowest BCUT2D eigenvalue weighted by Crippen LogP contribution is -2.41. The topological polar surface area (TPSA) is 46.6 Å². The molecule has 27 heavy (non-hydrogen) atoms. The summed E-state index contributed by atoms with van der Waals surface area (Å²) in [6.07, 6.45) is 0. The molecule has 4 rings (SSSR count). The van der Waals surface area contributed by atoms with Crippen LogP contribution in [0.25, 0.3) is 0 Å². The summed E-state index contributed by atoms with van der Waals surface area (Å²) in [5, 5.41) is 0.457. The lowest BCUT2D eigenvalue weighted by atomic mass is 10.1. The van der Waals surface area contributed by atoms with Crippen LogP contribution in [-0.2, 0) is 4.57 Å². The molecule has 6 heteroatoms. The molecule has 0 fully saturated rings. The number of hydrogen-bond acceptors (Lipinski definition) is 3. The van der Waals surface area contributed by atoms with Gasteiger partial charge in [-0.3, -0.25) is 4.79 Å². The second-order valence-corrected chi connectivity index (χ2v) is 8.65. The summed E-state index contributed by atoms with van der Waals surface area (Å²) in [4.78, 5) is 13.4. The molecule has 0 bridgehead atoms. The third-order valence-electron chi connectivity index (χ3n) is 4.54. The molecule has 0 aliphatic carbocycles. The van der Waals surface area contributed by atoms with Crippen molar-refractivity contribution in [2.75, 3.05) is 5.88 Å². The first-order chi connectivity index (χ1) is 13.1. The number of carbonyl (C=O) groups excluding carboxylic acids is 1. The average molecular weight is 398 g/mol. The Morgan fingerprint density at radius 3 is 2.15 bits per heavy atom. The van der Waals surface area contributed by atoms with Crippen molar-refractivity contribution in [3.63, 3.8) is 0 Å². The van der Waals surface area contributed by atoms with Crippen LogP contribution < -0.4 is 9.83 Å². The van der Waals surface area contributed by atoms with E-state index in [1.54, 1.807) is 48.5 Å². The average Bonchev–Trinajstić information content (AvgIpc) is 2.72. The van der Waals surface area contributed by atoms with Gasteiger partial charge in [-0.25, -0.2) is 9.24 Å². The number of alkyl halides is 1. The molecule has 2 atom stereocenters. The number of halogens is 1. The van der Waals surface area contributed by atoms with E-state index in [9.17, 15) is 9.36 Å². The highest BCUT2D eigenvalue weighted by Crippen LogP contribution is 2.58. The first-order valence-corrected chi connectivity index (χ1v) is 10.7. The molecule has 1 aliphatic rings. The van der Waals surface area contributed by atoms with Crippen LogP contribution in [0.1, 0.15) is 22.0 Å². The molecular formula is C21H17ClNO3P. The molecule has 136 valence electrons. The van der Waals surface area contributed by atoms with E-state index < -0.39 is 13.6 Å². The number of fused-ring (bicyclic) bond motifs is 1. The van der Waals surface area contributed by atoms with Crippen molar-refractivity contribution in [1.29, 1.82) is 0 Å². The van der Waals surface area contributed by atoms with Crippen LogP contribution in [0.5, 0.6) is 5.75 Å². The molecule has 0 saturated carbocycles. The van der Waals surface area contributed by atoms with Crippen LogP contribution in [0.3, 0.4) is 0 Å². The van der Waals surface area contributed by atoms with Gasteiger partial charge in [0.15, 0.2) is 0 Å². The van der Waals surface area contributed by atoms with Gasteiger partial charge < -0.3 is 4.52 Å². The standard InChI is InChI=1S/C21H17ClNO3P/c22-15-19(16-9-3-1-4-10-16)23-21(24)18-13-7-8-14-20(18)26-27(23,25)17-11-5-2-6-12-17/h1-14,19H,15H2/t19-,27?/m0/s1. The predicted octanol–water partition coefficient (Wildman–Crippen LogP) is 5.02. The van der Waals surface area contributed by atoms with Gasteiger partial charge in [0.25, 0.3) is 5.91 Å². The lowest BCUT2D eigenvalue weighted by Gasteiger charge is -2.40. The summed E-state index contributed by atoms with van der Waals surface area (Å²) in [6.45, 7) is 0. The van der Waals surface area contributed by atoms with Crippen LogP contribution in [-0.4, -0.2) is 16.5 Å². The zero-order valence-corrected chi connectivity index (χ0v) is 16.0. The predicted molar refractivity (Wildman–Crippen MR) is 107 cm³/mol. The summed E-state index contributed by atoms with van der Waals surface area (Å²) in [5.41, 5.74) is 1.19. The van der Waals surface area contributed by atoms with Crippen molar-refractivity contribution in [3.05, 3.63) is 96.1 Å². The summed E-state index contributed by atoms with van der Waals surface area (Å²) in [6, 6.07) is 24.4. The second kappa shape index (κ2) is 7.22. The molecular weight excluding hydrogens is 381 g/mol. The minimum absolute atomic E-state index is 0.0953. The molecule has 1 unspecified atom stereocenters. The molecule has 1 aliphatic heterocycles. The van der Waals surface area contributed by atoms with E-state index in [0.29, 0.717) is 16.6 Å². The molecule has 3 aromatic carbocycles. The maximum Gasteiger partial charge on any atom is 0.377 e. The third-order valence-corrected chi connectivity index (χ3v) is 7.25. The number of rotatable bonds is 4. The number of amides is 1. The Balaban J connectivity index is 1.92. The van der Waals surface area contributed by atoms with Crippen LogP contribution in [0.15, 0.2) is 84.9 Å². The fourth-order valence-corrected chi connectivity index (χ4v) is 5.99. The SMILES string of the molecule is O=C1c2ccccc2OP(=O)(c2ccccc2)N1[C@@H](CCl)c1ccccc1. The molecule has 1 heterocycles. The summed E-state index contributed by atoms with van der Waals surface area (Å²) in [5.74, 6) is 0.0730. The maximum atomic E-state index is 14.1. The Morgan fingerprint density at radius 2 is 1.48 bits per heavy atom. The zero-order valence-electron chi connectivity index (χ0n) is 14.4. The van der Waals surface area contributed by atoms with Gasteiger partial charge in [-0.2, -0.15) is 0 Å². The van der Waals surface area contributed by atoms with Gasteiger partial charge in [-0.15, -0.1) is 11.6 Å². The number of nitrogens with zero attached hydrogens (tertiary/aromatic N) is 1. The Labute approximate surface area is 162 Å². The lowest BCUT2D eigenvalue weighted by molar-refractivity contribution is 0.0798. The van der Waals surface area contributed by atoms with Crippen molar-refractivity contribution in [3.8, 4) is 5.75 Å². The minimum atomic E-state index is -3.70. The highest BCUT2D eigenvalue weighted by atomic mass is 35.5. The molecule has 0 aromatic heterocycles. The van der Waals surface area contributed by atoms with E-state index in [1.165, 1.54) is 4.67 Å². The van der Waals surface area contributed by atoms with Gasteiger partial charge >= 0.3 is 7.52 Å². The van der Waals surface area contributed by atoms with Crippen molar-refractivity contribution < 1.29 is 13.9 Å². The van der Waals surface area contributed by atoms with Gasteiger partial charge in [0.05, 0.1) is 16.9 Å².